The molecule has 188 valence electrons. The number of thiazole rings is 1. The normalized spacial score (nSPS) is 15.5. The zero-order chi connectivity index (χ0) is 26.3. The van der Waals surface area contributed by atoms with Crippen LogP contribution in [0.5, 0.6) is 0 Å². The number of hydrogen-bond donors (Lipinski definition) is 0. The molecule has 0 aliphatic carbocycles. The van der Waals surface area contributed by atoms with Crippen LogP contribution >= 0.6 is 34.5 Å². The molecule has 0 unspecified atom stereocenters. The van der Waals surface area contributed by atoms with Crippen LogP contribution in [0.25, 0.3) is 17.4 Å². The third kappa shape index (κ3) is 4.80. The fourth-order valence-electron chi connectivity index (χ4n) is 4.14. The third-order valence-corrected chi connectivity index (χ3v) is 7.34. The number of benzene rings is 2. The van der Waals surface area contributed by atoms with Gasteiger partial charge >= 0.3 is 5.97 Å². The van der Waals surface area contributed by atoms with E-state index in [2.05, 4.69) is 4.99 Å². The zero-order valence-electron chi connectivity index (χ0n) is 19.6. The number of hydrogen-bond acceptors (Lipinski definition) is 6. The lowest BCUT2D eigenvalue weighted by atomic mass is 9.96. The molecule has 0 bridgehead atoms. The van der Waals surface area contributed by atoms with Crippen molar-refractivity contribution < 1.29 is 18.3 Å². The average Bonchev–Trinajstić information content (AvgIpc) is 3.45. The van der Waals surface area contributed by atoms with Gasteiger partial charge in [0.05, 0.1) is 33.5 Å². The monoisotopic (exact) mass is 556 g/mol. The van der Waals surface area contributed by atoms with E-state index in [-0.39, 0.29) is 17.7 Å². The summed E-state index contributed by atoms with van der Waals surface area (Å²) in [5.41, 5.74) is 1.47. The highest BCUT2D eigenvalue weighted by molar-refractivity contribution is 7.07. The van der Waals surface area contributed by atoms with E-state index in [1.54, 1.807) is 62.4 Å². The van der Waals surface area contributed by atoms with Crippen molar-refractivity contribution in [3.8, 4) is 11.3 Å². The summed E-state index contributed by atoms with van der Waals surface area (Å²) in [6.07, 6.45) is 1.61. The van der Waals surface area contributed by atoms with Gasteiger partial charge in [0.2, 0.25) is 0 Å². The molecule has 0 N–H and O–H groups in total. The predicted octanol–water partition coefficient (Wildman–Crippen LogP) is 5.50. The van der Waals surface area contributed by atoms with Gasteiger partial charge in [-0.2, -0.15) is 0 Å². The number of rotatable bonds is 5. The fourth-order valence-corrected chi connectivity index (χ4v) is 5.55. The van der Waals surface area contributed by atoms with Crippen molar-refractivity contribution in [2.45, 2.75) is 19.9 Å². The molecule has 0 radical (unpaired) electrons. The van der Waals surface area contributed by atoms with Gasteiger partial charge in [-0.25, -0.2) is 14.2 Å². The van der Waals surface area contributed by atoms with Crippen LogP contribution in [0.3, 0.4) is 0 Å². The van der Waals surface area contributed by atoms with Crippen molar-refractivity contribution >= 4 is 46.6 Å². The first-order chi connectivity index (χ1) is 17.8. The van der Waals surface area contributed by atoms with Crippen LogP contribution in [0.1, 0.15) is 31.2 Å². The highest BCUT2D eigenvalue weighted by Gasteiger charge is 2.33. The number of allylic oxidation sites excluding steroid dienone is 1. The Kier molecular flexibility index (Phi) is 6.90. The van der Waals surface area contributed by atoms with E-state index in [1.807, 2.05) is 0 Å². The van der Waals surface area contributed by atoms with E-state index in [0.717, 1.165) is 11.3 Å². The Hall–Kier alpha value is -3.46. The first-order valence-electron chi connectivity index (χ1n) is 11.3. The first kappa shape index (κ1) is 25.2. The summed E-state index contributed by atoms with van der Waals surface area (Å²) in [5, 5.41) is 0.991. The van der Waals surface area contributed by atoms with Gasteiger partial charge in [-0.1, -0.05) is 46.7 Å². The summed E-state index contributed by atoms with van der Waals surface area (Å²) in [6.45, 7) is 3.55. The van der Waals surface area contributed by atoms with Crippen molar-refractivity contribution in [1.29, 1.82) is 0 Å². The van der Waals surface area contributed by atoms with Crippen LogP contribution in [0.2, 0.25) is 10.0 Å². The Balaban J connectivity index is 1.64. The van der Waals surface area contributed by atoms with Crippen molar-refractivity contribution in [1.82, 2.24) is 4.57 Å². The first-order valence-corrected chi connectivity index (χ1v) is 12.8. The summed E-state index contributed by atoms with van der Waals surface area (Å²) < 4.78 is 26.7. The summed E-state index contributed by atoms with van der Waals surface area (Å²) in [5.74, 6) is -0.0865. The van der Waals surface area contributed by atoms with E-state index >= 15 is 0 Å². The second kappa shape index (κ2) is 10.1. The van der Waals surface area contributed by atoms with Crippen molar-refractivity contribution in [2.24, 2.45) is 4.99 Å². The average molecular weight is 557 g/mol. The smallest absolute Gasteiger partial charge is 0.338 e. The van der Waals surface area contributed by atoms with E-state index < -0.39 is 17.8 Å². The Morgan fingerprint density at radius 2 is 1.95 bits per heavy atom. The van der Waals surface area contributed by atoms with E-state index in [9.17, 15) is 14.0 Å². The highest BCUT2D eigenvalue weighted by atomic mass is 35.5. The number of esters is 1. The minimum absolute atomic E-state index is 0.160. The SMILES string of the molecule is CCOC(=O)C1=C(C)N=c2s/c(=C\c3ccc(-c4cc(Cl)ccc4Cl)o3)c(=O)n2[C@@H]1c1ccc(F)cc1. The molecule has 6 nitrogen and oxygen atoms in total. The van der Waals surface area contributed by atoms with Crippen molar-refractivity contribution in [3.05, 3.63) is 113 Å². The van der Waals surface area contributed by atoms with Crippen LogP contribution in [-0.2, 0) is 9.53 Å². The summed E-state index contributed by atoms with van der Waals surface area (Å²) in [7, 11) is 0. The highest BCUT2D eigenvalue weighted by Crippen LogP contribution is 2.33. The van der Waals surface area contributed by atoms with Crippen LogP contribution in [-0.4, -0.2) is 17.1 Å². The topological polar surface area (TPSA) is 73.8 Å². The maximum Gasteiger partial charge on any atom is 0.338 e. The van der Waals surface area contributed by atoms with Gasteiger partial charge < -0.3 is 9.15 Å². The molecule has 5 rings (SSSR count). The molecule has 2 aromatic heterocycles. The lowest BCUT2D eigenvalue weighted by molar-refractivity contribution is -0.139. The minimum atomic E-state index is -0.824. The molecule has 1 aliphatic heterocycles. The molecule has 3 heterocycles. The zero-order valence-corrected chi connectivity index (χ0v) is 22.0. The Morgan fingerprint density at radius 3 is 2.68 bits per heavy atom. The van der Waals surface area contributed by atoms with Crippen molar-refractivity contribution in [3.63, 3.8) is 0 Å². The molecule has 0 fully saturated rings. The molecule has 0 saturated heterocycles. The summed E-state index contributed by atoms with van der Waals surface area (Å²) >= 11 is 13.6. The molecule has 1 atom stereocenters. The maximum absolute atomic E-state index is 13.7. The quantitative estimate of drug-likeness (QED) is 0.304. The largest absolute Gasteiger partial charge is 0.463 e. The van der Waals surface area contributed by atoms with Gasteiger partial charge in [-0.3, -0.25) is 9.36 Å². The Morgan fingerprint density at radius 1 is 1.19 bits per heavy atom. The van der Waals surface area contributed by atoms with Gasteiger partial charge in [0, 0.05) is 16.7 Å². The molecule has 2 aromatic carbocycles. The number of ether oxygens (including phenoxy) is 1. The van der Waals surface area contributed by atoms with Gasteiger partial charge in [-0.05, 0) is 61.9 Å². The predicted molar refractivity (Wildman–Crippen MR) is 141 cm³/mol. The molecule has 0 spiro atoms. The number of aromatic nitrogens is 1. The molecular formula is C27H19Cl2FN2O4S. The molecule has 4 aromatic rings. The number of carbonyl (C=O) groups excluding carboxylic acids is 1. The minimum Gasteiger partial charge on any atom is -0.463 e. The molecule has 10 heteroatoms. The maximum atomic E-state index is 13.7. The third-order valence-electron chi connectivity index (χ3n) is 5.80. The second-order valence-corrected chi connectivity index (χ2v) is 10.0. The van der Waals surface area contributed by atoms with Crippen molar-refractivity contribution in [2.75, 3.05) is 6.61 Å². The Labute approximate surface area is 224 Å². The summed E-state index contributed by atoms with van der Waals surface area (Å²) in [6, 6.07) is 13.4. The molecule has 0 amide bonds. The van der Waals surface area contributed by atoms with Gasteiger partial charge in [0.1, 0.15) is 17.3 Å². The number of furan rings is 1. The molecule has 1 aliphatic rings. The Bertz CT molecular complexity index is 1730. The lowest BCUT2D eigenvalue weighted by Crippen LogP contribution is -2.39. The van der Waals surface area contributed by atoms with Crippen LogP contribution in [0.4, 0.5) is 4.39 Å². The molecule has 37 heavy (non-hydrogen) atoms. The number of nitrogens with zero attached hydrogens (tertiary/aromatic N) is 2. The lowest BCUT2D eigenvalue weighted by Gasteiger charge is -2.24. The van der Waals surface area contributed by atoms with Crippen LogP contribution < -0.4 is 14.9 Å². The molecular weight excluding hydrogens is 538 g/mol. The van der Waals surface area contributed by atoms with Gasteiger partial charge in [0.15, 0.2) is 4.80 Å². The standard InChI is InChI=1S/C27H19Cl2FN2O4S/c1-3-35-26(34)23-14(2)31-27-32(24(23)15-4-7-17(30)8-5-15)25(33)22(37-27)13-18-9-11-21(36-18)19-12-16(28)6-10-20(19)29/h4-13,24H,3H2,1-2H3/b22-13-/t24-/m1/s1. The summed E-state index contributed by atoms with van der Waals surface area (Å²) in [4.78, 5) is 31.5. The fraction of sp³-hybridized carbons (Fsp3) is 0.148. The number of halogens is 3. The van der Waals surface area contributed by atoms with Gasteiger partial charge in [-0.15, -0.1) is 0 Å². The van der Waals surface area contributed by atoms with E-state index in [4.69, 9.17) is 32.4 Å². The number of carbonyl (C=O) groups is 1. The van der Waals surface area contributed by atoms with E-state index in [1.165, 1.54) is 16.7 Å². The van der Waals surface area contributed by atoms with Crippen LogP contribution in [0, 0.1) is 5.82 Å². The molecule has 0 saturated carbocycles. The second-order valence-electron chi connectivity index (χ2n) is 8.18. The van der Waals surface area contributed by atoms with Gasteiger partial charge in [0.25, 0.3) is 5.56 Å². The number of fused-ring (bicyclic) bond motifs is 1. The van der Waals surface area contributed by atoms with Crippen LogP contribution in [0.15, 0.2) is 80.1 Å². The van der Waals surface area contributed by atoms with E-state index in [0.29, 0.717) is 47.7 Å².